The first kappa shape index (κ1) is 18.0. The molecule has 4 rings (SSSR count). The Hall–Kier alpha value is -2.42. The number of nitriles is 1. The molecule has 1 aliphatic heterocycles. The highest BCUT2D eigenvalue weighted by Crippen LogP contribution is 2.32. The SMILES string of the molecule is N#Cc1c(NCC[NH+]2CCOCC2)[nH+]c(-c2ccccc2)c2c1CCCC2. The number of fused-ring (bicyclic) bond motifs is 1. The lowest BCUT2D eigenvalue weighted by molar-refractivity contribution is -0.906. The van der Waals surface area contributed by atoms with Crippen LogP contribution in [-0.2, 0) is 17.6 Å². The number of aromatic nitrogens is 1. The molecule has 2 aromatic rings. The van der Waals surface area contributed by atoms with E-state index in [1.165, 1.54) is 28.8 Å². The minimum Gasteiger partial charge on any atom is -0.370 e. The van der Waals surface area contributed by atoms with Crippen LogP contribution in [0.1, 0.15) is 29.5 Å². The van der Waals surface area contributed by atoms with E-state index in [2.05, 4.69) is 40.6 Å². The summed E-state index contributed by atoms with van der Waals surface area (Å²) in [5.41, 5.74) is 5.74. The lowest BCUT2D eigenvalue weighted by atomic mass is 9.86. The molecular formula is C22H28N4O+2. The first-order valence-electron chi connectivity index (χ1n) is 10.1. The number of pyridine rings is 1. The second-order valence-electron chi connectivity index (χ2n) is 7.43. The number of rotatable bonds is 5. The standard InChI is InChI=1S/C22H26N4O/c23-16-20-18-8-4-5-9-19(18)21(17-6-2-1-3-7-17)25-22(20)24-10-11-26-12-14-27-15-13-26/h1-3,6-7H,4-5,8-15H2,(H,24,25)/p+2. The highest BCUT2D eigenvalue weighted by molar-refractivity contribution is 5.67. The molecule has 140 valence electrons. The summed E-state index contributed by atoms with van der Waals surface area (Å²) < 4.78 is 5.44. The Kier molecular flexibility index (Phi) is 5.66. The average Bonchev–Trinajstić information content (AvgIpc) is 2.74. The van der Waals surface area contributed by atoms with Crippen LogP contribution < -0.4 is 15.2 Å². The van der Waals surface area contributed by atoms with E-state index in [1.54, 1.807) is 4.90 Å². The first-order chi connectivity index (χ1) is 13.4. The number of H-pyrrole nitrogens is 1. The molecule has 0 atom stereocenters. The number of nitrogens with zero attached hydrogens (tertiary/aromatic N) is 1. The Bertz CT molecular complexity index is 822. The van der Waals surface area contributed by atoms with Gasteiger partial charge >= 0.3 is 0 Å². The van der Waals surface area contributed by atoms with Gasteiger partial charge in [0.05, 0.1) is 13.2 Å². The molecule has 0 amide bonds. The average molecular weight is 364 g/mol. The molecule has 1 aromatic carbocycles. The molecule has 2 heterocycles. The van der Waals surface area contributed by atoms with E-state index in [0.717, 1.165) is 70.0 Å². The second kappa shape index (κ2) is 8.51. The van der Waals surface area contributed by atoms with Gasteiger partial charge in [-0.2, -0.15) is 5.26 Å². The number of nitrogens with one attached hydrogen (secondary N) is 3. The van der Waals surface area contributed by atoms with Crippen LogP contribution in [0.2, 0.25) is 0 Å². The van der Waals surface area contributed by atoms with Crippen molar-refractivity contribution in [3.8, 4) is 17.3 Å². The number of morpholine rings is 1. The van der Waals surface area contributed by atoms with Crippen molar-refractivity contribution in [2.75, 3.05) is 44.7 Å². The van der Waals surface area contributed by atoms with E-state index >= 15 is 0 Å². The zero-order chi connectivity index (χ0) is 18.5. The summed E-state index contributed by atoms with van der Waals surface area (Å²) in [5.74, 6) is 0.879. The molecule has 1 aromatic heterocycles. The fraction of sp³-hybridized carbons (Fsp3) is 0.455. The maximum atomic E-state index is 9.85. The highest BCUT2D eigenvalue weighted by Gasteiger charge is 2.26. The molecule has 0 bridgehead atoms. The Labute approximate surface area is 161 Å². The zero-order valence-electron chi connectivity index (χ0n) is 15.8. The topological polar surface area (TPSA) is 63.6 Å². The van der Waals surface area contributed by atoms with Gasteiger partial charge in [0.2, 0.25) is 0 Å². The smallest absolute Gasteiger partial charge is 0.291 e. The van der Waals surface area contributed by atoms with Crippen LogP contribution in [0.25, 0.3) is 11.3 Å². The van der Waals surface area contributed by atoms with E-state index in [0.29, 0.717) is 0 Å². The van der Waals surface area contributed by atoms with Gasteiger partial charge in [0.1, 0.15) is 43.5 Å². The van der Waals surface area contributed by atoms with Crippen molar-refractivity contribution in [3.63, 3.8) is 0 Å². The van der Waals surface area contributed by atoms with Gasteiger partial charge < -0.3 is 9.64 Å². The second-order valence-corrected chi connectivity index (χ2v) is 7.43. The van der Waals surface area contributed by atoms with Crippen LogP contribution in [0.5, 0.6) is 0 Å². The predicted octanol–water partition coefficient (Wildman–Crippen LogP) is 1.25. The van der Waals surface area contributed by atoms with Gasteiger partial charge in [0, 0.05) is 11.1 Å². The van der Waals surface area contributed by atoms with Crippen LogP contribution in [0.3, 0.4) is 0 Å². The first-order valence-corrected chi connectivity index (χ1v) is 10.1. The van der Waals surface area contributed by atoms with Crippen LogP contribution in [-0.4, -0.2) is 39.4 Å². The molecule has 1 aliphatic carbocycles. The minimum atomic E-state index is 0.807. The summed E-state index contributed by atoms with van der Waals surface area (Å²) in [5, 5.41) is 13.4. The number of benzene rings is 1. The van der Waals surface area contributed by atoms with Crippen molar-refractivity contribution in [1.82, 2.24) is 0 Å². The van der Waals surface area contributed by atoms with E-state index in [4.69, 9.17) is 4.74 Å². The van der Waals surface area contributed by atoms with Crippen LogP contribution >= 0.6 is 0 Å². The number of ether oxygens (including phenoxy) is 1. The summed E-state index contributed by atoms with van der Waals surface area (Å²) in [7, 11) is 0. The van der Waals surface area contributed by atoms with E-state index in [-0.39, 0.29) is 0 Å². The van der Waals surface area contributed by atoms with Crippen molar-refractivity contribution in [3.05, 3.63) is 47.0 Å². The van der Waals surface area contributed by atoms with E-state index in [1.807, 2.05) is 6.07 Å². The number of anilines is 1. The molecule has 0 saturated carbocycles. The molecule has 5 heteroatoms. The zero-order valence-corrected chi connectivity index (χ0v) is 15.8. The van der Waals surface area contributed by atoms with Crippen LogP contribution in [0.4, 0.5) is 5.82 Å². The van der Waals surface area contributed by atoms with Gasteiger partial charge in [-0.15, -0.1) is 0 Å². The summed E-state index contributed by atoms with van der Waals surface area (Å²) in [4.78, 5) is 5.14. The number of aromatic amines is 1. The highest BCUT2D eigenvalue weighted by atomic mass is 16.5. The Balaban J connectivity index is 1.63. The van der Waals surface area contributed by atoms with Gasteiger partial charge in [0.15, 0.2) is 0 Å². The normalized spacial score (nSPS) is 17.1. The third-order valence-electron chi connectivity index (χ3n) is 5.73. The molecule has 2 aliphatic rings. The summed E-state index contributed by atoms with van der Waals surface area (Å²) in [6.45, 7) is 5.73. The maximum absolute atomic E-state index is 9.85. The number of quaternary nitrogens is 1. The van der Waals surface area contributed by atoms with Crippen molar-refractivity contribution in [2.45, 2.75) is 25.7 Å². The predicted molar refractivity (Wildman–Crippen MR) is 105 cm³/mol. The third kappa shape index (κ3) is 3.97. The molecule has 1 fully saturated rings. The van der Waals surface area contributed by atoms with Gasteiger partial charge in [-0.1, -0.05) is 30.3 Å². The summed E-state index contributed by atoms with van der Waals surface area (Å²) in [6.07, 6.45) is 4.40. The maximum Gasteiger partial charge on any atom is 0.291 e. The van der Waals surface area contributed by atoms with Gasteiger partial charge in [0.25, 0.3) is 5.82 Å². The molecule has 5 nitrogen and oxygen atoms in total. The van der Waals surface area contributed by atoms with Crippen molar-refractivity contribution >= 4 is 5.82 Å². The van der Waals surface area contributed by atoms with Crippen molar-refractivity contribution < 1.29 is 14.6 Å². The van der Waals surface area contributed by atoms with Gasteiger partial charge in [-0.25, -0.2) is 4.98 Å². The quantitative estimate of drug-likeness (QED) is 0.839. The lowest BCUT2D eigenvalue weighted by Gasteiger charge is -2.23. The van der Waals surface area contributed by atoms with Crippen LogP contribution in [0.15, 0.2) is 30.3 Å². The number of hydrogen-bond donors (Lipinski definition) is 2. The molecule has 0 radical (unpaired) electrons. The van der Waals surface area contributed by atoms with E-state index < -0.39 is 0 Å². The van der Waals surface area contributed by atoms with Gasteiger partial charge in [-0.3, -0.25) is 5.32 Å². The van der Waals surface area contributed by atoms with Crippen molar-refractivity contribution in [2.24, 2.45) is 0 Å². The lowest BCUT2D eigenvalue weighted by Crippen LogP contribution is -3.14. The number of hydrogen-bond acceptors (Lipinski definition) is 3. The largest absolute Gasteiger partial charge is 0.370 e. The molecule has 0 unspecified atom stereocenters. The fourth-order valence-electron chi connectivity index (χ4n) is 4.25. The van der Waals surface area contributed by atoms with Crippen LogP contribution in [0, 0.1) is 11.3 Å². The van der Waals surface area contributed by atoms with E-state index in [9.17, 15) is 5.26 Å². The molecular weight excluding hydrogens is 336 g/mol. The fourth-order valence-corrected chi connectivity index (χ4v) is 4.25. The minimum absolute atomic E-state index is 0.807. The summed E-state index contributed by atoms with van der Waals surface area (Å²) in [6, 6.07) is 13.0. The molecule has 3 N–H and O–H groups in total. The van der Waals surface area contributed by atoms with Crippen molar-refractivity contribution in [1.29, 1.82) is 5.26 Å². The Morgan fingerprint density at radius 1 is 1.07 bits per heavy atom. The summed E-state index contributed by atoms with van der Waals surface area (Å²) >= 11 is 0. The Morgan fingerprint density at radius 2 is 1.81 bits per heavy atom. The molecule has 27 heavy (non-hydrogen) atoms. The Morgan fingerprint density at radius 3 is 2.56 bits per heavy atom. The molecule has 1 saturated heterocycles. The van der Waals surface area contributed by atoms with Gasteiger partial charge in [-0.05, 0) is 31.2 Å². The monoisotopic (exact) mass is 364 g/mol. The molecule has 0 spiro atoms. The third-order valence-corrected chi connectivity index (χ3v) is 5.73.